The third-order valence-corrected chi connectivity index (χ3v) is 20.3. The smallest absolute Gasteiger partial charge is 0.462 e. The lowest BCUT2D eigenvalue weighted by Gasteiger charge is -2.21. The van der Waals surface area contributed by atoms with Gasteiger partial charge in [-0.15, -0.1) is 0 Å². The number of aliphatic hydroxyl groups excluding tert-OH is 1. The van der Waals surface area contributed by atoms with Gasteiger partial charge < -0.3 is 33.8 Å². The van der Waals surface area contributed by atoms with E-state index in [0.29, 0.717) is 25.7 Å². The highest BCUT2D eigenvalue weighted by Crippen LogP contribution is 2.45. The molecule has 0 bridgehead atoms. The topological polar surface area (TPSA) is 237 Å². The number of ether oxygens (including phenoxy) is 4. The van der Waals surface area contributed by atoms with Crippen LogP contribution in [0.4, 0.5) is 0 Å². The van der Waals surface area contributed by atoms with Crippen LogP contribution >= 0.6 is 15.6 Å². The van der Waals surface area contributed by atoms with Crippen LogP contribution in [-0.4, -0.2) is 96.7 Å². The lowest BCUT2D eigenvalue weighted by Crippen LogP contribution is -2.30. The van der Waals surface area contributed by atoms with E-state index in [2.05, 4.69) is 55.4 Å². The molecule has 17 nitrogen and oxygen atoms in total. The van der Waals surface area contributed by atoms with Gasteiger partial charge in [0.1, 0.15) is 19.3 Å². The maximum absolute atomic E-state index is 13.1. The second-order valence-corrected chi connectivity index (χ2v) is 32.7. The van der Waals surface area contributed by atoms with Crippen LogP contribution < -0.4 is 0 Å². The lowest BCUT2D eigenvalue weighted by molar-refractivity contribution is -0.161. The maximum atomic E-state index is 13.1. The third-order valence-electron chi connectivity index (χ3n) is 18.4. The molecule has 6 atom stereocenters. The SMILES string of the molecule is CCC(C)CCCCCCCCCCCCCCCCCCCCC(=O)O[C@H](COC(=O)CCCCCCCCCCCCC(C)C)COP(=O)(O)OCC(O)COP(=O)(O)OC[C@@H](COC(=O)CCCCCCCCCCC(C)C)OC(=O)CCCCCCCCCCC(C)C. The van der Waals surface area contributed by atoms with Gasteiger partial charge in [0, 0.05) is 25.7 Å². The van der Waals surface area contributed by atoms with Crippen LogP contribution in [-0.2, 0) is 65.4 Å². The molecule has 97 heavy (non-hydrogen) atoms. The van der Waals surface area contributed by atoms with E-state index in [0.717, 1.165) is 114 Å². The minimum absolute atomic E-state index is 0.104. The van der Waals surface area contributed by atoms with Crippen molar-refractivity contribution in [3.8, 4) is 0 Å². The van der Waals surface area contributed by atoms with Gasteiger partial charge in [-0.2, -0.15) is 0 Å². The number of aliphatic hydroxyl groups is 1. The van der Waals surface area contributed by atoms with Crippen LogP contribution in [0.3, 0.4) is 0 Å². The molecule has 0 aliphatic carbocycles. The van der Waals surface area contributed by atoms with Gasteiger partial charge in [-0.05, 0) is 49.4 Å². The summed E-state index contributed by atoms with van der Waals surface area (Å²) < 4.78 is 68.5. The number of phosphoric ester groups is 2. The Morgan fingerprint density at radius 3 is 0.732 bits per heavy atom. The highest BCUT2D eigenvalue weighted by molar-refractivity contribution is 7.47. The average molecular weight is 1420 g/mol. The fourth-order valence-electron chi connectivity index (χ4n) is 11.9. The van der Waals surface area contributed by atoms with E-state index in [4.69, 9.17) is 37.0 Å². The zero-order valence-electron chi connectivity index (χ0n) is 63.7. The van der Waals surface area contributed by atoms with Gasteiger partial charge in [-0.1, -0.05) is 344 Å². The number of hydrogen-bond acceptors (Lipinski definition) is 15. The Kier molecular flexibility index (Phi) is 65.9. The van der Waals surface area contributed by atoms with Gasteiger partial charge in [-0.3, -0.25) is 37.3 Å². The van der Waals surface area contributed by atoms with Gasteiger partial charge in [-0.25, -0.2) is 9.13 Å². The standard InChI is InChI=1S/C78H152O17P2/c1-9-71(8)57-49-41-33-23-18-16-14-12-10-11-13-15-17-19-25-36-44-52-60-77(82)94-73(64-88-75(80)58-50-42-34-24-21-20-22-30-38-46-54-68(2)3)66-92-96(84,85)90-62-72(79)63-91-97(86,87)93-67-74(95-78(83)61-53-45-37-29-27-32-40-48-56-70(6)7)65-89-76(81)59-51-43-35-28-26-31-39-47-55-69(4)5/h68-74,79H,9-67H2,1-8H3,(H,84,85)(H,86,87)/t71?,72?,73-,74-/m1/s1. The van der Waals surface area contributed by atoms with Crippen molar-refractivity contribution in [3.63, 3.8) is 0 Å². The Labute approximate surface area is 594 Å². The molecule has 0 aromatic carbocycles. The molecule has 0 aromatic heterocycles. The predicted molar refractivity (Wildman–Crippen MR) is 395 cm³/mol. The van der Waals surface area contributed by atoms with E-state index >= 15 is 0 Å². The zero-order valence-corrected chi connectivity index (χ0v) is 65.5. The van der Waals surface area contributed by atoms with Gasteiger partial charge in [0.25, 0.3) is 0 Å². The van der Waals surface area contributed by atoms with E-state index in [1.165, 1.54) is 199 Å². The second-order valence-electron chi connectivity index (χ2n) is 29.8. The fraction of sp³-hybridized carbons (Fsp3) is 0.949. The van der Waals surface area contributed by atoms with Crippen LogP contribution in [0.2, 0.25) is 0 Å². The Morgan fingerprint density at radius 1 is 0.289 bits per heavy atom. The molecule has 0 fully saturated rings. The molecular weight excluding hydrogens is 1270 g/mol. The molecule has 4 unspecified atom stereocenters. The monoisotopic (exact) mass is 1420 g/mol. The summed E-state index contributed by atoms with van der Waals surface area (Å²) in [5, 5.41) is 10.6. The number of phosphoric acid groups is 2. The Bertz CT molecular complexity index is 1900. The summed E-state index contributed by atoms with van der Waals surface area (Å²) in [6.07, 6.45) is 52.9. The van der Waals surface area contributed by atoms with E-state index in [9.17, 15) is 43.2 Å². The van der Waals surface area contributed by atoms with Crippen molar-refractivity contribution < 1.29 is 80.2 Å². The van der Waals surface area contributed by atoms with Crippen molar-refractivity contribution in [2.24, 2.45) is 23.7 Å². The van der Waals surface area contributed by atoms with Crippen molar-refractivity contribution in [2.75, 3.05) is 39.6 Å². The summed E-state index contributed by atoms with van der Waals surface area (Å²) in [5.74, 6) is 0.953. The molecule has 19 heteroatoms. The van der Waals surface area contributed by atoms with E-state index in [1.807, 2.05) is 0 Å². The van der Waals surface area contributed by atoms with Gasteiger partial charge >= 0.3 is 39.5 Å². The average Bonchev–Trinajstić information content (AvgIpc) is 2.94. The largest absolute Gasteiger partial charge is 0.472 e. The Hall–Kier alpha value is -1.94. The molecule has 0 saturated carbocycles. The molecule has 3 N–H and O–H groups in total. The lowest BCUT2D eigenvalue weighted by atomic mass is 9.99. The summed E-state index contributed by atoms with van der Waals surface area (Å²) >= 11 is 0. The minimum Gasteiger partial charge on any atom is -0.462 e. The molecule has 0 amide bonds. The summed E-state index contributed by atoms with van der Waals surface area (Å²) in [4.78, 5) is 72.8. The molecule has 0 aromatic rings. The molecule has 0 saturated heterocycles. The number of esters is 4. The molecule has 0 aliphatic rings. The summed E-state index contributed by atoms with van der Waals surface area (Å²) in [7, 11) is -9.91. The Morgan fingerprint density at radius 2 is 0.495 bits per heavy atom. The number of carbonyl (C=O) groups excluding carboxylic acids is 4. The molecule has 0 aliphatic heterocycles. The number of hydrogen-bond donors (Lipinski definition) is 3. The highest BCUT2D eigenvalue weighted by atomic mass is 31.2. The molecule has 576 valence electrons. The third kappa shape index (κ3) is 70.9. The number of rotatable bonds is 75. The molecule has 0 spiro atoms. The normalized spacial score (nSPS) is 14.4. The first kappa shape index (κ1) is 95.1. The number of carbonyl (C=O) groups is 4. The van der Waals surface area contributed by atoms with E-state index in [1.54, 1.807) is 0 Å². The molecular formula is C78H152O17P2. The van der Waals surface area contributed by atoms with E-state index in [-0.39, 0.29) is 25.7 Å². The Balaban J connectivity index is 5.20. The zero-order chi connectivity index (χ0) is 71.7. The van der Waals surface area contributed by atoms with Crippen molar-refractivity contribution in [3.05, 3.63) is 0 Å². The van der Waals surface area contributed by atoms with Crippen LogP contribution in [0.1, 0.15) is 396 Å². The minimum atomic E-state index is -4.96. The van der Waals surface area contributed by atoms with Gasteiger partial charge in [0.15, 0.2) is 12.2 Å². The maximum Gasteiger partial charge on any atom is 0.472 e. The van der Waals surface area contributed by atoms with Crippen LogP contribution in [0.5, 0.6) is 0 Å². The number of unbranched alkanes of at least 4 members (excludes halogenated alkanes) is 40. The van der Waals surface area contributed by atoms with Crippen LogP contribution in [0.25, 0.3) is 0 Å². The molecule has 0 rings (SSSR count). The quantitative estimate of drug-likeness (QED) is 0.0222. The molecule has 0 radical (unpaired) electrons. The first-order valence-electron chi connectivity index (χ1n) is 40.2. The van der Waals surface area contributed by atoms with Crippen molar-refractivity contribution in [1.29, 1.82) is 0 Å². The van der Waals surface area contributed by atoms with Gasteiger partial charge in [0.2, 0.25) is 0 Å². The second kappa shape index (κ2) is 67.2. The highest BCUT2D eigenvalue weighted by Gasteiger charge is 2.30. The van der Waals surface area contributed by atoms with Gasteiger partial charge in [0.05, 0.1) is 26.4 Å². The molecule has 0 heterocycles. The van der Waals surface area contributed by atoms with Crippen molar-refractivity contribution in [1.82, 2.24) is 0 Å². The van der Waals surface area contributed by atoms with Crippen molar-refractivity contribution in [2.45, 2.75) is 414 Å². The predicted octanol–water partition coefficient (Wildman–Crippen LogP) is 22.8. The van der Waals surface area contributed by atoms with Crippen molar-refractivity contribution >= 4 is 39.5 Å². The van der Waals surface area contributed by atoms with Crippen LogP contribution in [0.15, 0.2) is 0 Å². The first-order valence-corrected chi connectivity index (χ1v) is 43.2. The fourth-order valence-corrected chi connectivity index (χ4v) is 13.5. The van der Waals surface area contributed by atoms with E-state index < -0.39 is 97.5 Å². The van der Waals surface area contributed by atoms with Crippen LogP contribution in [0, 0.1) is 23.7 Å². The first-order chi connectivity index (χ1) is 46.6. The summed E-state index contributed by atoms with van der Waals surface area (Å²) in [6.45, 7) is 14.2. The summed E-state index contributed by atoms with van der Waals surface area (Å²) in [5.41, 5.74) is 0. The summed E-state index contributed by atoms with van der Waals surface area (Å²) in [6, 6.07) is 0.